The number of fused-ring (bicyclic) bond motifs is 1. The van der Waals surface area contributed by atoms with Crippen molar-refractivity contribution < 1.29 is 0 Å². The second-order valence-corrected chi connectivity index (χ2v) is 3.83. The van der Waals surface area contributed by atoms with Crippen LogP contribution in [0.15, 0.2) is 42.5 Å². The molecule has 0 radical (unpaired) electrons. The van der Waals surface area contributed by atoms with E-state index in [1.54, 1.807) is 0 Å². The lowest BCUT2D eigenvalue weighted by Gasteiger charge is -2.05. The highest BCUT2D eigenvalue weighted by atomic mass is 79.9. The van der Waals surface area contributed by atoms with Crippen LogP contribution in [0.2, 0.25) is 0 Å². The molecule has 2 heteroatoms. The molecule has 0 aliphatic rings. The molecule has 0 spiro atoms. The van der Waals surface area contributed by atoms with Crippen LogP contribution >= 0.6 is 16.1 Å². The van der Waals surface area contributed by atoms with E-state index in [0.29, 0.717) is 0 Å². The third-order valence-electron chi connectivity index (χ3n) is 2.37. The van der Waals surface area contributed by atoms with Gasteiger partial charge in [-0.2, -0.15) is 0 Å². The van der Waals surface area contributed by atoms with Crippen molar-refractivity contribution in [3.8, 4) is 0 Å². The summed E-state index contributed by atoms with van der Waals surface area (Å²) in [5.41, 5.74) is 1.40. The minimum Gasteiger partial charge on any atom is -0.256 e. The minimum absolute atomic E-state index is 0.952. The highest BCUT2D eigenvalue weighted by molar-refractivity contribution is 9.08. The van der Waals surface area contributed by atoms with Crippen LogP contribution in [0.3, 0.4) is 0 Å². The monoisotopic (exact) mass is 249 g/mol. The van der Waals surface area contributed by atoms with Gasteiger partial charge in [-0.25, -0.2) is 0 Å². The van der Waals surface area contributed by atoms with Crippen molar-refractivity contribution in [1.82, 2.24) is 4.34 Å². The number of hydrogen-bond donors (Lipinski definition) is 1. The van der Waals surface area contributed by atoms with Crippen LogP contribution in [0.1, 0.15) is 5.56 Å². The molecule has 0 saturated carbocycles. The molecule has 0 bridgehead atoms. The van der Waals surface area contributed by atoms with E-state index in [9.17, 15) is 0 Å². The van der Waals surface area contributed by atoms with Gasteiger partial charge in [-0.1, -0.05) is 42.5 Å². The molecule has 1 N–H and O–H groups in total. The molecule has 2 aromatic rings. The van der Waals surface area contributed by atoms with Gasteiger partial charge in [0, 0.05) is 22.7 Å². The summed E-state index contributed by atoms with van der Waals surface area (Å²) < 4.78 is 2.99. The van der Waals surface area contributed by atoms with Crippen molar-refractivity contribution >= 4 is 26.9 Å². The fourth-order valence-electron chi connectivity index (χ4n) is 1.69. The van der Waals surface area contributed by atoms with Gasteiger partial charge in [-0.05, 0) is 22.8 Å². The normalized spacial score (nSPS) is 10.6. The van der Waals surface area contributed by atoms with Gasteiger partial charge < -0.3 is 0 Å². The average molecular weight is 250 g/mol. The first-order valence-corrected chi connectivity index (χ1v) is 5.51. The van der Waals surface area contributed by atoms with Gasteiger partial charge in [0.1, 0.15) is 0 Å². The van der Waals surface area contributed by atoms with Gasteiger partial charge in [0.25, 0.3) is 0 Å². The number of halogens is 1. The Bertz CT molecular complexity index is 420. The molecule has 0 aliphatic heterocycles. The molecule has 0 heterocycles. The van der Waals surface area contributed by atoms with Crippen molar-refractivity contribution in [2.45, 2.75) is 6.42 Å². The third kappa shape index (κ3) is 1.97. The van der Waals surface area contributed by atoms with Gasteiger partial charge in [0.05, 0.1) is 0 Å². The van der Waals surface area contributed by atoms with E-state index in [-0.39, 0.29) is 0 Å². The largest absolute Gasteiger partial charge is 0.256 e. The summed E-state index contributed by atoms with van der Waals surface area (Å²) >= 11 is 3.22. The zero-order chi connectivity index (χ0) is 9.80. The van der Waals surface area contributed by atoms with Crippen molar-refractivity contribution in [2.24, 2.45) is 0 Å². The highest BCUT2D eigenvalue weighted by Gasteiger charge is 1.98. The highest BCUT2D eigenvalue weighted by Crippen LogP contribution is 2.18. The molecule has 0 unspecified atom stereocenters. The lowest BCUT2D eigenvalue weighted by Crippen LogP contribution is -2.03. The summed E-state index contributed by atoms with van der Waals surface area (Å²) in [6.07, 6.45) is 1.05. The quantitative estimate of drug-likeness (QED) is 0.824. The summed E-state index contributed by atoms with van der Waals surface area (Å²) in [6.45, 7) is 0.952. The Labute approximate surface area is 92.5 Å². The van der Waals surface area contributed by atoms with E-state index in [4.69, 9.17) is 0 Å². The summed E-state index contributed by atoms with van der Waals surface area (Å²) in [5.74, 6) is 0. The van der Waals surface area contributed by atoms with Crippen LogP contribution in [0.4, 0.5) is 0 Å². The predicted molar refractivity (Wildman–Crippen MR) is 64.6 cm³/mol. The Morgan fingerprint density at radius 3 is 2.64 bits per heavy atom. The maximum absolute atomic E-state index is 3.22. The maximum Gasteiger partial charge on any atom is 0.0102 e. The van der Waals surface area contributed by atoms with Crippen LogP contribution in [-0.4, -0.2) is 6.54 Å². The molecule has 2 rings (SSSR count). The molecule has 14 heavy (non-hydrogen) atoms. The molecule has 0 fully saturated rings. The second-order valence-electron chi connectivity index (χ2n) is 3.27. The van der Waals surface area contributed by atoms with Crippen LogP contribution in [0.25, 0.3) is 10.8 Å². The molecule has 2 aromatic carbocycles. The summed E-state index contributed by atoms with van der Waals surface area (Å²) in [5, 5.41) is 2.68. The van der Waals surface area contributed by atoms with E-state index >= 15 is 0 Å². The lowest BCUT2D eigenvalue weighted by atomic mass is 10.0. The van der Waals surface area contributed by atoms with Crippen LogP contribution in [-0.2, 0) is 6.42 Å². The summed E-state index contributed by atoms with van der Waals surface area (Å²) in [4.78, 5) is 0. The first-order chi connectivity index (χ1) is 6.92. The molecular formula is C12H12BrN. The summed E-state index contributed by atoms with van der Waals surface area (Å²) in [7, 11) is 0. The summed E-state index contributed by atoms with van der Waals surface area (Å²) in [6, 6.07) is 15.0. The lowest BCUT2D eigenvalue weighted by molar-refractivity contribution is 0.927. The van der Waals surface area contributed by atoms with Crippen molar-refractivity contribution in [3.63, 3.8) is 0 Å². The zero-order valence-electron chi connectivity index (χ0n) is 7.83. The molecule has 0 aliphatic carbocycles. The van der Waals surface area contributed by atoms with Gasteiger partial charge in [0.2, 0.25) is 0 Å². The van der Waals surface area contributed by atoms with E-state index in [1.807, 2.05) is 0 Å². The maximum atomic E-state index is 3.22. The van der Waals surface area contributed by atoms with E-state index < -0.39 is 0 Å². The van der Waals surface area contributed by atoms with Crippen LogP contribution in [0.5, 0.6) is 0 Å². The second kappa shape index (κ2) is 4.58. The Morgan fingerprint density at radius 2 is 1.79 bits per heavy atom. The smallest absolute Gasteiger partial charge is 0.0102 e. The standard InChI is InChI=1S/C12H12BrN/c13-14-9-8-11-6-3-5-10-4-1-2-7-12(10)11/h1-7,14H,8-9H2. The molecule has 72 valence electrons. The number of rotatable bonds is 3. The van der Waals surface area contributed by atoms with Crippen molar-refractivity contribution in [1.29, 1.82) is 0 Å². The van der Waals surface area contributed by atoms with Gasteiger partial charge in [-0.15, -0.1) is 0 Å². The molecule has 0 amide bonds. The van der Waals surface area contributed by atoms with Crippen molar-refractivity contribution in [3.05, 3.63) is 48.0 Å². The van der Waals surface area contributed by atoms with E-state index in [2.05, 4.69) is 63.0 Å². The minimum atomic E-state index is 0.952. The fraction of sp³-hybridized carbons (Fsp3) is 0.167. The van der Waals surface area contributed by atoms with E-state index in [0.717, 1.165) is 13.0 Å². The molecule has 0 aromatic heterocycles. The Hall–Kier alpha value is -0.860. The average Bonchev–Trinajstić information content (AvgIpc) is 2.26. The SMILES string of the molecule is BrNCCc1cccc2ccccc12. The van der Waals surface area contributed by atoms with Gasteiger partial charge >= 0.3 is 0 Å². The van der Waals surface area contributed by atoms with Crippen LogP contribution < -0.4 is 4.34 Å². The third-order valence-corrected chi connectivity index (χ3v) is 2.77. The molecule has 1 nitrogen and oxygen atoms in total. The van der Waals surface area contributed by atoms with Crippen LogP contribution in [0, 0.1) is 0 Å². The van der Waals surface area contributed by atoms with Gasteiger partial charge in [-0.3, -0.25) is 4.34 Å². The predicted octanol–water partition coefficient (Wildman–Crippen LogP) is 3.28. The van der Waals surface area contributed by atoms with E-state index in [1.165, 1.54) is 16.3 Å². The molecule has 0 saturated heterocycles. The number of benzene rings is 2. The first-order valence-electron chi connectivity index (χ1n) is 4.72. The topological polar surface area (TPSA) is 12.0 Å². The number of hydrogen-bond acceptors (Lipinski definition) is 1. The molecular weight excluding hydrogens is 238 g/mol. The van der Waals surface area contributed by atoms with Crippen molar-refractivity contribution in [2.75, 3.05) is 6.54 Å². The first kappa shape index (κ1) is 9.69. The number of nitrogens with one attached hydrogen (secondary N) is 1. The fourth-order valence-corrected chi connectivity index (χ4v) is 1.89. The van der Waals surface area contributed by atoms with Gasteiger partial charge in [0.15, 0.2) is 0 Å². The Morgan fingerprint density at radius 1 is 1.00 bits per heavy atom. The zero-order valence-corrected chi connectivity index (χ0v) is 9.42. The Balaban J connectivity index is 2.43. The molecule has 0 atom stereocenters. The Kier molecular flexibility index (Phi) is 3.17.